The maximum Gasteiger partial charge on any atom is 0.258 e. The molecule has 0 saturated carbocycles. The van der Waals surface area contributed by atoms with E-state index in [4.69, 9.17) is 23.2 Å². The SMILES string of the molecule is O=C(Nc1nnc(C2CC(=O)N(c3ccc(Cl)cc3)C2)s1)c1ccccc1SCc1ccccc1Cl. The molecule has 1 aromatic heterocycles. The van der Waals surface area contributed by atoms with Crippen LogP contribution in [0.15, 0.2) is 77.7 Å². The maximum absolute atomic E-state index is 13.1. The van der Waals surface area contributed by atoms with Crippen molar-refractivity contribution in [1.82, 2.24) is 10.2 Å². The van der Waals surface area contributed by atoms with Gasteiger partial charge in [-0.05, 0) is 48.0 Å². The Morgan fingerprint density at radius 1 is 1.03 bits per heavy atom. The largest absolute Gasteiger partial charge is 0.312 e. The first-order chi connectivity index (χ1) is 17.5. The predicted octanol–water partition coefficient (Wildman–Crippen LogP) is 6.91. The van der Waals surface area contributed by atoms with Crippen molar-refractivity contribution in [2.45, 2.75) is 23.0 Å². The summed E-state index contributed by atoms with van der Waals surface area (Å²) in [6.45, 7) is 0.505. The van der Waals surface area contributed by atoms with E-state index in [0.29, 0.717) is 39.5 Å². The second-order valence-corrected chi connectivity index (χ2v) is 11.0. The molecular formula is C26H20Cl2N4O2S2. The molecule has 1 N–H and O–H groups in total. The van der Waals surface area contributed by atoms with Crippen molar-refractivity contribution >= 4 is 68.9 Å². The van der Waals surface area contributed by atoms with Crippen LogP contribution in [0.5, 0.6) is 0 Å². The second kappa shape index (κ2) is 11.0. The quantitative estimate of drug-likeness (QED) is 0.251. The normalized spacial score (nSPS) is 15.3. The highest BCUT2D eigenvalue weighted by Gasteiger charge is 2.34. The van der Waals surface area contributed by atoms with Crippen LogP contribution < -0.4 is 10.2 Å². The van der Waals surface area contributed by atoms with Crippen molar-refractivity contribution in [2.24, 2.45) is 0 Å². The summed E-state index contributed by atoms with van der Waals surface area (Å²) in [4.78, 5) is 28.3. The second-order valence-electron chi connectivity index (χ2n) is 8.16. The summed E-state index contributed by atoms with van der Waals surface area (Å²) in [7, 11) is 0. The Hall–Kier alpha value is -2.91. The summed E-state index contributed by atoms with van der Waals surface area (Å²) < 4.78 is 0. The van der Waals surface area contributed by atoms with Gasteiger partial charge in [0.15, 0.2) is 0 Å². The van der Waals surface area contributed by atoms with Gasteiger partial charge in [-0.1, -0.05) is 64.9 Å². The van der Waals surface area contributed by atoms with Gasteiger partial charge in [-0.3, -0.25) is 14.9 Å². The van der Waals surface area contributed by atoms with E-state index in [0.717, 1.165) is 21.2 Å². The summed E-state index contributed by atoms with van der Waals surface area (Å²) in [5.41, 5.74) is 2.36. The molecule has 1 atom stereocenters. The van der Waals surface area contributed by atoms with E-state index in [-0.39, 0.29) is 17.7 Å². The highest BCUT2D eigenvalue weighted by atomic mass is 35.5. The predicted molar refractivity (Wildman–Crippen MR) is 146 cm³/mol. The van der Waals surface area contributed by atoms with Crippen LogP contribution in [0, 0.1) is 0 Å². The van der Waals surface area contributed by atoms with Crippen molar-refractivity contribution in [3.8, 4) is 0 Å². The summed E-state index contributed by atoms with van der Waals surface area (Å²) in [6.07, 6.45) is 0.340. The number of rotatable bonds is 7. The van der Waals surface area contributed by atoms with Gasteiger partial charge in [-0.15, -0.1) is 22.0 Å². The third kappa shape index (κ3) is 5.57. The van der Waals surface area contributed by atoms with Crippen LogP contribution in [-0.2, 0) is 10.5 Å². The minimum absolute atomic E-state index is 0.0209. The van der Waals surface area contributed by atoms with Crippen molar-refractivity contribution < 1.29 is 9.59 Å². The van der Waals surface area contributed by atoms with Crippen LogP contribution in [-0.4, -0.2) is 28.6 Å². The third-order valence-electron chi connectivity index (χ3n) is 5.75. The first-order valence-corrected chi connectivity index (χ1v) is 13.7. The zero-order valence-electron chi connectivity index (χ0n) is 18.9. The Labute approximate surface area is 226 Å². The average molecular weight is 556 g/mol. The van der Waals surface area contributed by atoms with Gasteiger partial charge in [0.25, 0.3) is 5.91 Å². The zero-order chi connectivity index (χ0) is 25.1. The van der Waals surface area contributed by atoms with E-state index >= 15 is 0 Å². The van der Waals surface area contributed by atoms with Gasteiger partial charge in [0, 0.05) is 45.3 Å². The average Bonchev–Trinajstić information content (AvgIpc) is 3.51. The van der Waals surface area contributed by atoms with Gasteiger partial charge < -0.3 is 4.90 Å². The minimum atomic E-state index is -0.259. The standard InChI is InChI=1S/C26H20Cl2N4O2S2/c27-18-9-11-19(12-10-18)32-14-17(13-23(32)33)25-30-31-26(36-25)29-24(34)20-6-2-4-8-22(20)35-15-16-5-1-3-7-21(16)28/h1-12,17H,13-15H2,(H,29,31,34). The van der Waals surface area contributed by atoms with Crippen LogP contribution in [0.4, 0.5) is 10.8 Å². The monoisotopic (exact) mass is 554 g/mol. The van der Waals surface area contributed by atoms with Gasteiger partial charge >= 0.3 is 0 Å². The number of anilines is 2. The molecule has 0 aliphatic carbocycles. The molecule has 1 unspecified atom stereocenters. The molecule has 0 spiro atoms. The summed E-state index contributed by atoms with van der Waals surface area (Å²) in [5.74, 6) is 0.319. The molecular weight excluding hydrogens is 535 g/mol. The van der Waals surface area contributed by atoms with Gasteiger partial charge in [-0.2, -0.15) is 0 Å². The topological polar surface area (TPSA) is 75.2 Å². The number of aromatic nitrogens is 2. The minimum Gasteiger partial charge on any atom is -0.312 e. The number of amides is 2. The number of carbonyl (C=O) groups is 2. The number of hydrogen-bond donors (Lipinski definition) is 1. The molecule has 36 heavy (non-hydrogen) atoms. The Morgan fingerprint density at radius 2 is 1.78 bits per heavy atom. The van der Waals surface area contributed by atoms with Crippen LogP contribution >= 0.6 is 46.3 Å². The van der Waals surface area contributed by atoms with Crippen molar-refractivity contribution in [2.75, 3.05) is 16.8 Å². The van der Waals surface area contributed by atoms with Crippen molar-refractivity contribution in [3.63, 3.8) is 0 Å². The molecule has 182 valence electrons. The van der Waals surface area contributed by atoms with Crippen molar-refractivity contribution in [1.29, 1.82) is 0 Å². The molecule has 1 saturated heterocycles. The Morgan fingerprint density at radius 3 is 2.58 bits per heavy atom. The Kier molecular flexibility index (Phi) is 7.57. The fourth-order valence-electron chi connectivity index (χ4n) is 3.91. The van der Waals surface area contributed by atoms with Crippen LogP contribution in [0.1, 0.15) is 33.3 Å². The number of nitrogens with zero attached hydrogens (tertiary/aromatic N) is 3. The maximum atomic E-state index is 13.1. The summed E-state index contributed by atoms with van der Waals surface area (Å²) >= 11 is 15.1. The lowest BCUT2D eigenvalue weighted by molar-refractivity contribution is -0.117. The van der Waals surface area contributed by atoms with E-state index in [9.17, 15) is 9.59 Å². The molecule has 3 aromatic carbocycles. The molecule has 1 fully saturated rings. The lowest BCUT2D eigenvalue weighted by atomic mass is 10.1. The third-order valence-corrected chi connectivity index (χ3v) is 8.49. The summed E-state index contributed by atoms with van der Waals surface area (Å²) in [6, 6.07) is 22.3. The van der Waals surface area contributed by atoms with Crippen LogP contribution in [0.2, 0.25) is 10.0 Å². The van der Waals surface area contributed by atoms with E-state index in [1.54, 1.807) is 34.9 Å². The molecule has 0 bridgehead atoms. The fourth-order valence-corrected chi connectivity index (χ4v) is 6.20. The van der Waals surface area contributed by atoms with Gasteiger partial charge in [0.05, 0.1) is 5.56 Å². The number of halogens is 2. The molecule has 2 heterocycles. The number of hydrogen-bond acceptors (Lipinski definition) is 6. The first-order valence-electron chi connectivity index (χ1n) is 11.1. The van der Waals surface area contributed by atoms with Crippen LogP contribution in [0.3, 0.4) is 0 Å². The van der Waals surface area contributed by atoms with Gasteiger partial charge in [0.1, 0.15) is 5.01 Å². The molecule has 10 heteroatoms. The lowest BCUT2D eigenvalue weighted by Crippen LogP contribution is -2.24. The van der Waals surface area contributed by atoms with E-state index in [1.165, 1.54) is 11.3 Å². The molecule has 5 rings (SSSR count). The summed E-state index contributed by atoms with van der Waals surface area (Å²) in [5, 5.41) is 13.7. The molecule has 0 radical (unpaired) electrons. The smallest absolute Gasteiger partial charge is 0.258 e. The highest BCUT2D eigenvalue weighted by molar-refractivity contribution is 7.98. The number of carbonyl (C=O) groups excluding carboxylic acids is 2. The molecule has 1 aliphatic heterocycles. The Balaban J connectivity index is 1.25. The fraction of sp³-hybridized carbons (Fsp3) is 0.154. The van der Waals surface area contributed by atoms with E-state index in [2.05, 4.69) is 15.5 Å². The molecule has 1 aliphatic rings. The number of benzene rings is 3. The zero-order valence-corrected chi connectivity index (χ0v) is 22.0. The number of nitrogens with one attached hydrogen (secondary N) is 1. The Bertz CT molecular complexity index is 1410. The van der Waals surface area contributed by atoms with Gasteiger partial charge in [-0.25, -0.2) is 0 Å². The molecule has 2 amide bonds. The molecule has 4 aromatic rings. The lowest BCUT2D eigenvalue weighted by Gasteiger charge is -2.16. The molecule has 6 nitrogen and oxygen atoms in total. The van der Waals surface area contributed by atoms with Crippen LogP contribution in [0.25, 0.3) is 0 Å². The van der Waals surface area contributed by atoms with E-state index in [1.807, 2.05) is 54.6 Å². The van der Waals surface area contributed by atoms with E-state index < -0.39 is 0 Å². The van der Waals surface area contributed by atoms with Crippen molar-refractivity contribution in [3.05, 3.63) is 99.0 Å². The first kappa shape index (κ1) is 24.8. The van der Waals surface area contributed by atoms with Gasteiger partial charge in [0.2, 0.25) is 11.0 Å². The number of thioether (sulfide) groups is 1. The highest BCUT2D eigenvalue weighted by Crippen LogP contribution is 2.35.